The van der Waals surface area contributed by atoms with Crippen molar-refractivity contribution in [1.29, 1.82) is 0 Å². The molecule has 0 aliphatic rings. The molecule has 1 rings (SSSR count). The zero-order valence-corrected chi connectivity index (χ0v) is 7.95. The van der Waals surface area contributed by atoms with Crippen molar-refractivity contribution >= 4 is 5.78 Å². The zero-order valence-electron chi connectivity index (χ0n) is 7.95. The van der Waals surface area contributed by atoms with E-state index in [9.17, 15) is 15.0 Å². The minimum atomic E-state index is -0.275. The van der Waals surface area contributed by atoms with Gasteiger partial charge >= 0.3 is 0 Å². The highest BCUT2D eigenvalue weighted by molar-refractivity contribution is 5.97. The smallest absolute Gasteiger partial charge is 0.163 e. The Balaban J connectivity index is 3.23. The fourth-order valence-electron chi connectivity index (χ4n) is 1.22. The summed E-state index contributed by atoms with van der Waals surface area (Å²) in [5.74, 6) is -0.372. The molecule has 3 heteroatoms. The molecule has 0 unspecified atom stereocenters. The zero-order chi connectivity index (χ0) is 10.7. The first-order chi connectivity index (χ1) is 6.56. The van der Waals surface area contributed by atoms with E-state index in [2.05, 4.69) is 6.58 Å². The van der Waals surface area contributed by atoms with Gasteiger partial charge in [-0.2, -0.15) is 0 Å². The lowest BCUT2D eigenvalue weighted by molar-refractivity contribution is 0.101. The van der Waals surface area contributed by atoms with Gasteiger partial charge in [0.1, 0.15) is 11.5 Å². The van der Waals surface area contributed by atoms with Crippen LogP contribution in [-0.2, 0) is 6.42 Å². The third kappa shape index (κ3) is 1.93. The predicted octanol–water partition coefficient (Wildman–Crippen LogP) is 2.03. The van der Waals surface area contributed by atoms with Gasteiger partial charge in [-0.15, -0.1) is 6.58 Å². The van der Waals surface area contributed by atoms with Crippen LogP contribution in [0.4, 0.5) is 0 Å². The standard InChI is InChI=1S/C11H12O3/c1-3-4-8-5-11(14)9(7(2)12)6-10(8)13/h3,5-6,13-14H,1,4H2,2H3. The number of carbonyl (C=O) groups is 1. The molecule has 0 radical (unpaired) electrons. The van der Waals surface area contributed by atoms with Gasteiger partial charge < -0.3 is 10.2 Å². The maximum Gasteiger partial charge on any atom is 0.163 e. The Morgan fingerprint density at radius 1 is 1.43 bits per heavy atom. The number of phenols is 2. The van der Waals surface area contributed by atoms with E-state index in [0.717, 1.165) is 0 Å². The third-order valence-electron chi connectivity index (χ3n) is 1.94. The van der Waals surface area contributed by atoms with Crippen LogP contribution in [-0.4, -0.2) is 16.0 Å². The van der Waals surface area contributed by atoms with Gasteiger partial charge in [0.2, 0.25) is 0 Å². The van der Waals surface area contributed by atoms with Crippen molar-refractivity contribution in [1.82, 2.24) is 0 Å². The van der Waals surface area contributed by atoms with Gasteiger partial charge in [0.05, 0.1) is 5.56 Å². The van der Waals surface area contributed by atoms with E-state index in [1.54, 1.807) is 6.08 Å². The number of ketones is 1. The van der Waals surface area contributed by atoms with Crippen LogP contribution in [0.5, 0.6) is 11.5 Å². The Morgan fingerprint density at radius 2 is 2.07 bits per heavy atom. The van der Waals surface area contributed by atoms with Crippen molar-refractivity contribution in [2.45, 2.75) is 13.3 Å². The number of allylic oxidation sites excluding steroid dienone is 1. The lowest BCUT2D eigenvalue weighted by Gasteiger charge is -2.06. The molecule has 0 amide bonds. The summed E-state index contributed by atoms with van der Waals surface area (Å²) >= 11 is 0. The lowest BCUT2D eigenvalue weighted by atomic mass is 10.0. The van der Waals surface area contributed by atoms with Crippen LogP contribution >= 0.6 is 0 Å². The second-order valence-corrected chi connectivity index (χ2v) is 3.05. The molecule has 0 atom stereocenters. The first-order valence-corrected chi connectivity index (χ1v) is 4.23. The van der Waals surface area contributed by atoms with Crippen molar-refractivity contribution in [2.75, 3.05) is 0 Å². The largest absolute Gasteiger partial charge is 0.508 e. The number of carbonyl (C=O) groups excluding carboxylic acids is 1. The molecule has 3 nitrogen and oxygen atoms in total. The quantitative estimate of drug-likeness (QED) is 0.437. The molecule has 0 spiro atoms. The Kier molecular flexibility index (Phi) is 2.92. The number of rotatable bonds is 3. The molecule has 1 aromatic rings. The molecule has 14 heavy (non-hydrogen) atoms. The minimum Gasteiger partial charge on any atom is -0.508 e. The van der Waals surface area contributed by atoms with Crippen LogP contribution < -0.4 is 0 Å². The number of Topliss-reactive ketones (excluding diaryl/α,β-unsaturated/α-hetero) is 1. The fraction of sp³-hybridized carbons (Fsp3) is 0.182. The van der Waals surface area contributed by atoms with Gasteiger partial charge in [0.15, 0.2) is 5.78 Å². The lowest BCUT2D eigenvalue weighted by Crippen LogP contribution is -1.94. The molecule has 0 bridgehead atoms. The van der Waals surface area contributed by atoms with Gasteiger partial charge in [0.25, 0.3) is 0 Å². The number of hydrogen-bond acceptors (Lipinski definition) is 3. The topological polar surface area (TPSA) is 57.5 Å². The van der Waals surface area contributed by atoms with Crippen molar-refractivity contribution in [3.8, 4) is 11.5 Å². The number of benzene rings is 1. The van der Waals surface area contributed by atoms with E-state index < -0.39 is 0 Å². The molecular formula is C11H12O3. The summed E-state index contributed by atoms with van der Waals surface area (Å²) in [5, 5.41) is 18.9. The summed E-state index contributed by atoms with van der Waals surface area (Å²) in [7, 11) is 0. The summed E-state index contributed by atoms with van der Waals surface area (Å²) in [6.45, 7) is 4.86. The van der Waals surface area contributed by atoms with E-state index in [4.69, 9.17) is 0 Å². The first kappa shape index (κ1) is 10.3. The van der Waals surface area contributed by atoms with E-state index in [1.165, 1.54) is 19.1 Å². The van der Waals surface area contributed by atoms with Crippen molar-refractivity contribution in [3.05, 3.63) is 35.9 Å². The number of hydrogen-bond donors (Lipinski definition) is 2. The van der Waals surface area contributed by atoms with Crippen LogP contribution in [0.3, 0.4) is 0 Å². The molecule has 0 aliphatic heterocycles. The van der Waals surface area contributed by atoms with Crippen LogP contribution in [0, 0.1) is 0 Å². The molecule has 0 saturated heterocycles. The van der Waals surface area contributed by atoms with Crippen LogP contribution in [0.1, 0.15) is 22.8 Å². The first-order valence-electron chi connectivity index (χ1n) is 4.23. The van der Waals surface area contributed by atoms with E-state index >= 15 is 0 Å². The van der Waals surface area contributed by atoms with Gasteiger partial charge in [-0.05, 0) is 25.5 Å². The molecule has 74 valence electrons. The van der Waals surface area contributed by atoms with Crippen LogP contribution in [0.15, 0.2) is 24.8 Å². The molecule has 2 N–H and O–H groups in total. The SMILES string of the molecule is C=CCc1cc(O)c(C(C)=O)cc1O. The molecule has 0 aromatic heterocycles. The Labute approximate surface area is 82.3 Å². The minimum absolute atomic E-state index is 0.00731. The normalized spacial score (nSPS) is 9.79. The van der Waals surface area contributed by atoms with E-state index in [0.29, 0.717) is 12.0 Å². The van der Waals surface area contributed by atoms with E-state index in [1.807, 2.05) is 0 Å². The summed E-state index contributed by atoms with van der Waals surface area (Å²) in [6.07, 6.45) is 2.07. The average Bonchev–Trinajstić information content (AvgIpc) is 2.10. The highest BCUT2D eigenvalue weighted by Crippen LogP contribution is 2.27. The van der Waals surface area contributed by atoms with Crippen LogP contribution in [0.2, 0.25) is 0 Å². The fourth-order valence-corrected chi connectivity index (χ4v) is 1.22. The number of aromatic hydroxyl groups is 2. The molecule has 1 aromatic carbocycles. The van der Waals surface area contributed by atoms with Gasteiger partial charge in [-0.25, -0.2) is 0 Å². The molecule has 0 fully saturated rings. The second kappa shape index (κ2) is 3.96. The summed E-state index contributed by atoms with van der Waals surface area (Å²) in [6, 6.07) is 2.66. The summed E-state index contributed by atoms with van der Waals surface area (Å²) in [4.78, 5) is 11.0. The predicted molar refractivity (Wildman–Crippen MR) is 53.7 cm³/mol. The number of phenolic OH excluding ortho intramolecular Hbond substituents is 2. The van der Waals surface area contributed by atoms with Crippen molar-refractivity contribution in [2.24, 2.45) is 0 Å². The molecular weight excluding hydrogens is 180 g/mol. The van der Waals surface area contributed by atoms with Crippen LogP contribution in [0.25, 0.3) is 0 Å². The van der Waals surface area contributed by atoms with E-state index in [-0.39, 0.29) is 22.8 Å². The highest BCUT2D eigenvalue weighted by Gasteiger charge is 2.10. The second-order valence-electron chi connectivity index (χ2n) is 3.05. The average molecular weight is 192 g/mol. The Morgan fingerprint density at radius 3 is 2.57 bits per heavy atom. The van der Waals surface area contributed by atoms with Gasteiger partial charge in [0, 0.05) is 5.56 Å². The van der Waals surface area contributed by atoms with Gasteiger partial charge in [-0.1, -0.05) is 6.08 Å². The third-order valence-corrected chi connectivity index (χ3v) is 1.94. The monoisotopic (exact) mass is 192 g/mol. The maximum absolute atomic E-state index is 11.0. The summed E-state index contributed by atoms with van der Waals surface area (Å²) in [5.41, 5.74) is 0.692. The Hall–Kier alpha value is -1.77. The van der Waals surface area contributed by atoms with Crippen molar-refractivity contribution in [3.63, 3.8) is 0 Å². The maximum atomic E-state index is 11.0. The Bertz CT molecular complexity index is 380. The highest BCUT2D eigenvalue weighted by atomic mass is 16.3. The molecule has 0 aliphatic carbocycles. The van der Waals surface area contributed by atoms with Crippen molar-refractivity contribution < 1.29 is 15.0 Å². The summed E-state index contributed by atoms with van der Waals surface area (Å²) < 4.78 is 0. The van der Waals surface area contributed by atoms with Gasteiger partial charge in [-0.3, -0.25) is 4.79 Å². The molecule has 0 heterocycles. The molecule has 0 saturated carbocycles.